The Morgan fingerprint density at radius 2 is 1.83 bits per heavy atom. The van der Waals surface area contributed by atoms with Crippen LogP contribution >= 0.6 is 34.8 Å². The molecule has 0 aliphatic rings. The number of carbonyl (C=O) groups excluding carboxylic acids is 2. The lowest BCUT2D eigenvalue weighted by Crippen LogP contribution is -2.20. The van der Waals surface area contributed by atoms with Crippen molar-refractivity contribution in [3.8, 4) is 5.75 Å². The Bertz CT molecular complexity index is 751. The summed E-state index contributed by atoms with van der Waals surface area (Å²) >= 11 is 17.6. The fourth-order valence-corrected chi connectivity index (χ4v) is 2.16. The summed E-state index contributed by atoms with van der Waals surface area (Å²) in [6.45, 7) is -0.296. The van der Waals surface area contributed by atoms with Crippen molar-refractivity contribution in [3.63, 3.8) is 0 Å². The van der Waals surface area contributed by atoms with Crippen LogP contribution in [0.4, 0.5) is 5.69 Å². The summed E-state index contributed by atoms with van der Waals surface area (Å²) < 4.78 is 5.29. The SMILES string of the molecule is NC(=O)c1ccc(NC(=O)COc2cc(Cl)c(Cl)cc2Cl)cn1. The van der Waals surface area contributed by atoms with E-state index in [1.807, 2.05) is 0 Å². The molecule has 1 aromatic heterocycles. The van der Waals surface area contributed by atoms with Gasteiger partial charge < -0.3 is 15.8 Å². The van der Waals surface area contributed by atoms with Gasteiger partial charge in [-0.3, -0.25) is 9.59 Å². The third-order valence-corrected chi connectivity index (χ3v) is 3.65. The number of rotatable bonds is 5. The van der Waals surface area contributed by atoms with Gasteiger partial charge in [0.25, 0.3) is 11.8 Å². The maximum absolute atomic E-state index is 11.8. The molecular formula is C14H10Cl3N3O3. The van der Waals surface area contributed by atoms with Crippen molar-refractivity contribution in [2.24, 2.45) is 5.73 Å². The summed E-state index contributed by atoms with van der Waals surface area (Å²) in [6.07, 6.45) is 1.31. The summed E-state index contributed by atoms with van der Waals surface area (Å²) in [5.41, 5.74) is 5.56. The number of amides is 2. The Kier molecular flexibility index (Phi) is 5.65. The number of anilines is 1. The van der Waals surface area contributed by atoms with E-state index in [9.17, 15) is 9.59 Å². The lowest BCUT2D eigenvalue weighted by molar-refractivity contribution is -0.118. The molecule has 1 aromatic carbocycles. The maximum Gasteiger partial charge on any atom is 0.267 e. The molecule has 0 atom stereocenters. The number of halogens is 3. The molecule has 0 fully saturated rings. The summed E-state index contributed by atoms with van der Waals surface area (Å²) in [6, 6.07) is 5.74. The van der Waals surface area contributed by atoms with Crippen molar-refractivity contribution in [2.45, 2.75) is 0 Å². The number of primary amides is 1. The molecule has 2 rings (SSSR count). The first-order valence-corrected chi connectivity index (χ1v) is 7.33. The Hall–Kier alpha value is -2.02. The minimum atomic E-state index is -0.652. The fraction of sp³-hybridized carbons (Fsp3) is 0.0714. The Morgan fingerprint density at radius 3 is 2.43 bits per heavy atom. The lowest BCUT2D eigenvalue weighted by Gasteiger charge is -2.10. The molecule has 0 unspecified atom stereocenters. The molecule has 0 saturated carbocycles. The van der Waals surface area contributed by atoms with Gasteiger partial charge in [-0.15, -0.1) is 0 Å². The van der Waals surface area contributed by atoms with Crippen molar-refractivity contribution in [2.75, 3.05) is 11.9 Å². The van der Waals surface area contributed by atoms with E-state index >= 15 is 0 Å². The Balaban J connectivity index is 1.95. The van der Waals surface area contributed by atoms with Gasteiger partial charge in [0.2, 0.25) is 0 Å². The summed E-state index contributed by atoms with van der Waals surface area (Å²) in [4.78, 5) is 26.5. The van der Waals surface area contributed by atoms with Gasteiger partial charge in [-0.2, -0.15) is 0 Å². The van der Waals surface area contributed by atoms with Crippen molar-refractivity contribution in [1.29, 1.82) is 0 Å². The summed E-state index contributed by atoms with van der Waals surface area (Å²) in [5.74, 6) is -0.861. The number of nitrogens with zero attached hydrogens (tertiary/aromatic N) is 1. The molecule has 0 aliphatic heterocycles. The van der Waals surface area contributed by atoms with Crippen LogP contribution in [0.5, 0.6) is 5.75 Å². The van der Waals surface area contributed by atoms with Crippen LogP contribution in [-0.4, -0.2) is 23.4 Å². The van der Waals surface area contributed by atoms with E-state index in [-0.39, 0.29) is 33.1 Å². The number of hydrogen-bond acceptors (Lipinski definition) is 4. The zero-order valence-electron chi connectivity index (χ0n) is 11.5. The van der Waals surface area contributed by atoms with E-state index in [0.717, 1.165) is 0 Å². The first kappa shape index (κ1) is 17.3. The molecule has 120 valence electrons. The standard InChI is InChI=1S/C14H10Cl3N3O3/c15-8-3-10(17)12(4-9(8)16)23-6-13(21)20-7-1-2-11(14(18)22)19-5-7/h1-5H,6H2,(H2,18,22)(H,20,21). The van der Waals surface area contributed by atoms with E-state index in [1.54, 1.807) is 0 Å². The first-order chi connectivity index (χ1) is 10.9. The quantitative estimate of drug-likeness (QED) is 0.786. The third-order valence-electron chi connectivity index (χ3n) is 2.63. The normalized spacial score (nSPS) is 10.2. The molecule has 2 amide bonds. The second kappa shape index (κ2) is 7.50. The Labute approximate surface area is 146 Å². The highest BCUT2D eigenvalue weighted by Gasteiger charge is 2.10. The average Bonchev–Trinajstić information content (AvgIpc) is 2.50. The van der Waals surface area contributed by atoms with Crippen LogP contribution in [-0.2, 0) is 4.79 Å². The number of benzene rings is 1. The maximum atomic E-state index is 11.8. The van der Waals surface area contributed by atoms with Gasteiger partial charge in [-0.25, -0.2) is 4.98 Å². The number of pyridine rings is 1. The zero-order chi connectivity index (χ0) is 17.0. The number of nitrogens with one attached hydrogen (secondary N) is 1. The first-order valence-electron chi connectivity index (χ1n) is 6.20. The van der Waals surface area contributed by atoms with Crippen molar-refractivity contribution >= 4 is 52.3 Å². The predicted octanol–water partition coefficient (Wildman–Crippen LogP) is 3.16. The minimum absolute atomic E-state index is 0.0989. The summed E-state index contributed by atoms with van der Waals surface area (Å²) in [5, 5.41) is 3.33. The van der Waals surface area contributed by atoms with Crippen LogP contribution in [0.25, 0.3) is 0 Å². The predicted molar refractivity (Wildman–Crippen MR) is 88.4 cm³/mol. The van der Waals surface area contributed by atoms with Crippen LogP contribution in [0.15, 0.2) is 30.5 Å². The minimum Gasteiger partial charge on any atom is -0.482 e. The number of aromatic nitrogens is 1. The zero-order valence-corrected chi connectivity index (χ0v) is 13.7. The lowest BCUT2D eigenvalue weighted by atomic mass is 10.3. The number of carbonyl (C=O) groups is 2. The van der Waals surface area contributed by atoms with Crippen molar-refractivity contribution in [3.05, 3.63) is 51.2 Å². The van der Waals surface area contributed by atoms with Crippen LogP contribution in [0.3, 0.4) is 0 Å². The van der Waals surface area contributed by atoms with Gasteiger partial charge in [0.15, 0.2) is 6.61 Å². The fourth-order valence-electron chi connectivity index (χ4n) is 1.57. The highest BCUT2D eigenvalue weighted by molar-refractivity contribution is 6.43. The molecule has 0 bridgehead atoms. The van der Waals surface area contributed by atoms with Gasteiger partial charge in [0.1, 0.15) is 11.4 Å². The van der Waals surface area contributed by atoms with Gasteiger partial charge in [0, 0.05) is 6.07 Å². The second-order valence-corrected chi connectivity index (χ2v) is 5.55. The van der Waals surface area contributed by atoms with E-state index in [1.165, 1.54) is 30.5 Å². The Morgan fingerprint density at radius 1 is 1.13 bits per heavy atom. The van der Waals surface area contributed by atoms with Gasteiger partial charge >= 0.3 is 0 Å². The molecule has 6 nitrogen and oxygen atoms in total. The van der Waals surface area contributed by atoms with E-state index in [4.69, 9.17) is 45.3 Å². The van der Waals surface area contributed by atoms with Crippen molar-refractivity contribution < 1.29 is 14.3 Å². The summed E-state index contributed by atoms with van der Waals surface area (Å²) in [7, 11) is 0. The highest BCUT2D eigenvalue weighted by Crippen LogP contribution is 2.33. The molecule has 0 spiro atoms. The molecule has 0 radical (unpaired) electrons. The third kappa shape index (κ3) is 4.72. The number of nitrogens with two attached hydrogens (primary N) is 1. The smallest absolute Gasteiger partial charge is 0.267 e. The molecule has 0 saturated heterocycles. The molecule has 3 N–H and O–H groups in total. The molecule has 2 aromatic rings. The molecule has 1 heterocycles. The van der Waals surface area contributed by atoms with Gasteiger partial charge in [0.05, 0.1) is 27.0 Å². The number of hydrogen-bond donors (Lipinski definition) is 2. The van der Waals surface area contributed by atoms with Crippen LogP contribution in [0.1, 0.15) is 10.5 Å². The molecule has 9 heteroatoms. The van der Waals surface area contributed by atoms with Gasteiger partial charge in [-0.1, -0.05) is 34.8 Å². The second-order valence-electron chi connectivity index (χ2n) is 4.33. The molecule has 0 aliphatic carbocycles. The molecule has 23 heavy (non-hydrogen) atoms. The highest BCUT2D eigenvalue weighted by atomic mass is 35.5. The monoisotopic (exact) mass is 373 g/mol. The number of ether oxygens (including phenoxy) is 1. The van der Waals surface area contributed by atoms with Crippen LogP contribution in [0.2, 0.25) is 15.1 Å². The van der Waals surface area contributed by atoms with Crippen molar-refractivity contribution in [1.82, 2.24) is 4.98 Å². The van der Waals surface area contributed by atoms with E-state index in [2.05, 4.69) is 10.3 Å². The topological polar surface area (TPSA) is 94.3 Å². The van der Waals surface area contributed by atoms with Gasteiger partial charge in [-0.05, 0) is 18.2 Å². The average molecular weight is 375 g/mol. The van der Waals surface area contributed by atoms with Crippen LogP contribution in [0, 0.1) is 0 Å². The molecular weight excluding hydrogens is 365 g/mol. The van der Waals surface area contributed by atoms with E-state index < -0.39 is 11.8 Å². The van der Waals surface area contributed by atoms with E-state index in [0.29, 0.717) is 5.69 Å². The largest absolute Gasteiger partial charge is 0.482 e. The van der Waals surface area contributed by atoms with Crippen LogP contribution < -0.4 is 15.8 Å².